The fourth-order valence-corrected chi connectivity index (χ4v) is 2.30. The number of carbonyl (C=O) groups excluding carboxylic acids is 1. The second-order valence-corrected chi connectivity index (χ2v) is 6.21. The van der Waals surface area contributed by atoms with E-state index in [4.69, 9.17) is 9.84 Å². The highest BCUT2D eigenvalue weighted by Crippen LogP contribution is 2.17. The second kappa shape index (κ2) is 9.57. The maximum atomic E-state index is 11.8. The molecule has 0 atom stereocenters. The van der Waals surface area contributed by atoms with Crippen LogP contribution in [0.15, 0.2) is 52.0 Å². The quantitative estimate of drug-likeness (QED) is 0.474. The Morgan fingerprint density at radius 3 is 2.77 bits per heavy atom. The summed E-state index contributed by atoms with van der Waals surface area (Å²) in [5.74, 6) is -0.705. The van der Waals surface area contributed by atoms with E-state index in [0.29, 0.717) is 17.9 Å². The van der Waals surface area contributed by atoms with E-state index in [1.165, 1.54) is 6.21 Å². The van der Waals surface area contributed by atoms with Crippen molar-refractivity contribution < 1.29 is 19.4 Å². The lowest BCUT2D eigenvalue weighted by molar-refractivity contribution is -0.139. The van der Waals surface area contributed by atoms with Gasteiger partial charge in [-0.1, -0.05) is 40.2 Å². The number of urea groups is 1. The van der Waals surface area contributed by atoms with E-state index < -0.39 is 18.6 Å². The van der Waals surface area contributed by atoms with Crippen LogP contribution in [0.25, 0.3) is 0 Å². The van der Waals surface area contributed by atoms with Gasteiger partial charge in [0.1, 0.15) is 5.75 Å². The van der Waals surface area contributed by atoms with E-state index in [1.54, 1.807) is 24.3 Å². The number of hydrogen-bond donors (Lipinski definition) is 3. The van der Waals surface area contributed by atoms with Crippen LogP contribution in [-0.4, -0.2) is 29.9 Å². The number of ether oxygens (including phenoxy) is 1. The average molecular weight is 420 g/mol. The number of benzene rings is 2. The summed E-state index contributed by atoms with van der Waals surface area (Å²) >= 11 is 3.43. The number of hydrazone groups is 1. The minimum Gasteiger partial charge on any atom is -0.481 e. The summed E-state index contributed by atoms with van der Waals surface area (Å²) in [6, 6.07) is 12.2. The summed E-state index contributed by atoms with van der Waals surface area (Å²) < 4.78 is 6.17. The van der Waals surface area contributed by atoms with Gasteiger partial charge in [0.2, 0.25) is 0 Å². The van der Waals surface area contributed by atoms with E-state index in [2.05, 4.69) is 31.8 Å². The van der Waals surface area contributed by atoms with Gasteiger partial charge in [-0.15, -0.1) is 0 Å². The van der Waals surface area contributed by atoms with E-state index in [0.717, 1.165) is 15.6 Å². The smallest absolute Gasteiger partial charge is 0.341 e. The molecule has 0 unspecified atom stereocenters. The molecule has 136 valence electrons. The largest absolute Gasteiger partial charge is 0.481 e. The molecule has 0 bridgehead atoms. The van der Waals surface area contributed by atoms with Gasteiger partial charge in [0.25, 0.3) is 0 Å². The third-order valence-electron chi connectivity index (χ3n) is 3.32. The third kappa shape index (κ3) is 6.21. The van der Waals surface area contributed by atoms with Crippen LogP contribution >= 0.6 is 15.9 Å². The summed E-state index contributed by atoms with van der Waals surface area (Å²) in [5, 5.41) is 15.2. The van der Waals surface area contributed by atoms with Crippen LogP contribution in [0.4, 0.5) is 4.79 Å². The first-order valence-electron chi connectivity index (χ1n) is 7.71. The van der Waals surface area contributed by atoms with Gasteiger partial charge in [-0.2, -0.15) is 5.10 Å². The van der Waals surface area contributed by atoms with Gasteiger partial charge in [-0.25, -0.2) is 15.0 Å². The van der Waals surface area contributed by atoms with Crippen molar-refractivity contribution in [1.29, 1.82) is 0 Å². The van der Waals surface area contributed by atoms with Crippen molar-refractivity contribution in [3.8, 4) is 5.75 Å². The molecular weight excluding hydrogens is 402 g/mol. The van der Waals surface area contributed by atoms with Crippen LogP contribution in [-0.2, 0) is 11.3 Å². The number of amides is 2. The fourth-order valence-electron chi connectivity index (χ4n) is 2.06. The molecule has 0 aliphatic rings. The molecule has 0 aromatic heterocycles. The van der Waals surface area contributed by atoms with Gasteiger partial charge >= 0.3 is 12.0 Å². The molecule has 2 aromatic carbocycles. The van der Waals surface area contributed by atoms with E-state index >= 15 is 0 Å². The summed E-state index contributed by atoms with van der Waals surface area (Å²) in [4.78, 5) is 22.4. The molecule has 7 nitrogen and oxygen atoms in total. The van der Waals surface area contributed by atoms with Crippen molar-refractivity contribution in [2.75, 3.05) is 6.61 Å². The highest BCUT2D eigenvalue weighted by molar-refractivity contribution is 9.10. The Labute approximate surface area is 159 Å². The van der Waals surface area contributed by atoms with Crippen LogP contribution in [0, 0.1) is 6.92 Å². The lowest BCUT2D eigenvalue weighted by Crippen LogP contribution is -2.31. The Morgan fingerprint density at radius 1 is 1.27 bits per heavy atom. The lowest BCUT2D eigenvalue weighted by atomic mass is 10.1. The number of carboxylic acid groups (broad SMARTS) is 1. The van der Waals surface area contributed by atoms with Gasteiger partial charge in [0, 0.05) is 16.6 Å². The molecule has 0 aliphatic heterocycles. The van der Waals surface area contributed by atoms with Crippen molar-refractivity contribution in [1.82, 2.24) is 10.7 Å². The first-order valence-corrected chi connectivity index (χ1v) is 8.50. The van der Waals surface area contributed by atoms with Crippen LogP contribution in [0.3, 0.4) is 0 Å². The number of nitrogens with zero attached hydrogens (tertiary/aromatic N) is 1. The molecule has 0 radical (unpaired) electrons. The number of hydrogen-bond acceptors (Lipinski definition) is 4. The molecule has 0 aliphatic carbocycles. The molecule has 2 amide bonds. The summed E-state index contributed by atoms with van der Waals surface area (Å²) in [6.45, 7) is 1.89. The Hall–Kier alpha value is -2.87. The Bertz CT molecular complexity index is 824. The van der Waals surface area contributed by atoms with Gasteiger partial charge in [-0.05, 0) is 36.2 Å². The van der Waals surface area contributed by atoms with Crippen molar-refractivity contribution >= 4 is 34.1 Å². The molecule has 0 fully saturated rings. The predicted molar refractivity (Wildman–Crippen MR) is 101 cm³/mol. The number of carbonyl (C=O) groups is 2. The topological polar surface area (TPSA) is 100 Å². The van der Waals surface area contributed by atoms with Crippen molar-refractivity contribution in [3.05, 3.63) is 63.6 Å². The SMILES string of the molecule is Cc1cc(CNC(=O)N/N=C\c2ccccc2OCC(=O)O)ccc1Br. The van der Waals surface area contributed by atoms with Crippen molar-refractivity contribution in [2.24, 2.45) is 5.10 Å². The lowest BCUT2D eigenvalue weighted by Gasteiger charge is -2.07. The van der Waals surface area contributed by atoms with E-state index in [-0.39, 0.29) is 0 Å². The molecular formula is C18H18BrN3O4. The minimum absolute atomic E-state index is 0.367. The number of halogens is 1. The van der Waals surface area contributed by atoms with Gasteiger partial charge < -0.3 is 15.2 Å². The number of aliphatic carboxylic acids is 1. The Morgan fingerprint density at radius 2 is 2.04 bits per heavy atom. The zero-order valence-corrected chi connectivity index (χ0v) is 15.6. The zero-order valence-electron chi connectivity index (χ0n) is 14.0. The minimum atomic E-state index is -1.07. The summed E-state index contributed by atoms with van der Waals surface area (Å²) in [5.41, 5.74) is 4.96. The first kappa shape index (κ1) is 19.5. The highest BCUT2D eigenvalue weighted by atomic mass is 79.9. The number of nitrogens with one attached hydrogen (secondary N) is 2. The Balaban J connectivity index is 1.86. The number of carboxylic acids is 1. The van der Waals surface area contributed by atoms with Gasteiger partial charge in [-0.3, -0.25) is 0 Å². The first-order chi connectivity index (χ1) is 12.5. The Kier molecular flexibility index (Phi) is 7.16. The molecule has 0 saturated heterocycles. The van der Waals surface area contributed by atoms with Crippen LogP contribution in [0.5, 0.6) is 5.75 Å². The van der Waals surface area contributed by atoms with Crippen molar-refractivity contribution in [3.63, 3.8) is 0 Å². The molecule has 0 saturated carbocycles. The van der Waals surface area contributed by atoms with Crippen LogP contribution in [0.1, 0.15) is 16.7 Å². The fraction of sp³-hybridized carbons (Fsp3) is 0.167. The van der Waals surface area contributed by atoms with Gasteiger partial charge in [0.05, 0.1) is 6.21 Å². The molecule has 0 spiro atoms. The third-order valence-corrected chi connectivity index (χ3v) is 4.21. The molecule has 8 heteroatoms. The van der Waals surface area contributed by atoms with Crippen LogP contribution in [0.2, 0.25) is 0 Å². The summed E-state index contributed by atoms with van der Waals surface area (Å²) in [7, 11) is 0. The molecule has 0 heterocycles. The molecule has 3 N–H and O–H groups in total. The standard InChI is InChI=1S/C18H18BrN3O4/c1-12-8-13(6-7-15(12)19)9-20-18(25)22-21-10-14-4-2-3-5-16(14)26-11-17(23)24/h2-8,10H,9,11H2,1H3,(H,23,24)(H2,20,22,25)/b21-10-. The second-order valence-electron chi connectivity index (χ2n) is 5.36. The van der Waals surface area contributed by atoms with E-state index in [1.807, 2.05) is 25.1 Å². The number of para-hydroxylation sites is 1. The highest BCUT2D eigenvalue weighted by Gasteiger charge is 2.04. The summed E-state index contributed by atoms with van der Waals surface area (Å²) in [6.07, 6.45) is 1.39. The van der Waals surface area contributed by atoms with E-state index in [9.17, 15) is 9.59 Å². The average Bonchev–Trinajstić information content (AvgIpc) is 2.62. The normalized spacial score (nSPS) is 10.5. The van der Waals surface area contributed by atoms with Gasteiger partial charge in [0.15, 0.2) is 6.61 Å². The number of rotatable bonds is 7. The molecule has 26 heavy (non-hydrogen) atoms. The predicted octanol–water partition coefficient (Wildman–Crippen LogP) is 3.05. The molecule has 2 aromatic rings. The maximum Gasteiger partial charge on any atom is 0.341 e. The van der Waals surface area contributed by atoms with Crippen molar-refractivity contribution in [2.45, 2.75) is 13.5 Å². The zero-order chi connectivity index (χ0) is 18.9. The maximum absolute atomic E-state index is 11.8. The van der Waals surface area contributed by atoms with Crippen LogP contribution < -0.4 is 15.5 Å². The monoisotopic (exact) mass is 419 g/mol. The number of aryl methyl sites for hydroxylation is 1. The molecule has 2 rings (SSSR count).